The maximum absolute atomic E-state index is 14.5. The van der Waals surface area contributed by atoms with Gasteiger partial charge in [-0.25, -0.2) is 22.2 Å². The molecule has 5 rings (SSSR count). The number of carbonyl (C=O) groups is 2. The number of nitrogens with zero attached hydrogens (tertiary/aromatic N) is 2. The third-order valence-corrected chi connectivity index (χ3v) is 10.7. The molecule has 224 valence electrons. The first-order chi connectivity index (χ1) is 20.1. The van der Waals surface area contributed by atoms with Gasteiger partial charge in [0.25, 0.3) is 5.91 Å². The van der Waals surface area contributed by atoms with Crippen molar-refractivity contribution in [3.05, 3.63) is 65.9 Å². The van der Waals surface area contributed by atoms with Crippen LogP contribution in [0.4, 0.5) is 18.9 Å². The van der Waals surface area contributed by atoms with E-state index >= 15 is 0 Å². The minimum Gasteiger partial charge on any atom is -0.481 e. The number of ether oxygens (including phenoxy) is 1. The molecule has 42 heavy (non-hydrogen) atoms. The summed E-state index contributed by atoms with van der Waals surface area (Å²) in [5.74, 6) is -4.07. The Bertz CT molecular complexity index is 1540. The third-order valence-electron chi connectivity index (χ3n) is 7.49. The molecule has 1 aromatic heterocycles. The molecular formula is C28H30F2N4O6S2. The van der Waals surface area contributed by atoms with Crippen molar-refractivity contribution in [1.29, 1.82) is 0 Å². The molecule has 0 saturated carbocycles. The average molecular weight is 621 g/mol. The summed E-state index contributed by atoms with van der Waals surface area (Å²) in [6.45, 7) is 2.30. The fourth-order valence-electron chi connectivity index (χ4n) is 5.09. The van der Waals surface area contributed by atoms with Gasteiger partial charge in [0.05, 0.1) is 22.3 Å². The van der Waals surface area contributed by atoms with Crippen LogP contribution < -0.4 is 20.3 Å². The van der Waals surface area contributed by atoms with E-state index < -0.39 is 44.7 Å². The number of piperidine rings is 2. The number of aromatic nitrogens is 1. The summed E-state index contributed by atoms with van der Waals surface area (Å²) in [5.41, 5.74) is 0.257. The molecule has 14 heteroatoms. The highest BCUT2D eigenvalue weighted by Gasteiger charge is 2.31. The second-order valence-electron chi connectivity index (χ2n) is 10.2. The number of amides is 1. The van der Waals surface area contributed by atoms with Gasteiger partial charge in [-0.15, -0.1) is 0 Å². The number of carboxylic acid groups (broad SMARTS) is 1. The van der Waals surface area contributed by atoms with E-state index in [0.29, 0.717) is 57.9 Å². The van der Waals surface area contributed by atoms with E-state index in [9.17, 15) is 31.9 Å². The van der Waals surface area contributed by atoms with E-state index in [1.165, 1.54) is 35.6 Å². The highest BCUT2D eigenvalue weighted by Crippen LogP contribution is 2.33. The van der Waals surface area contributed by atoms with Gasteiger partial charge >= 0.3 is 5.97 Å². The topological polar surface area (TPSA) is 138 Å². The number of anilines is 2. The summed E-state index contributed by atoms with van der Waals surface area (Å²) in [4.78, 5) is 31.1. The van der Waals surface area contributed by atoms with Crippen molar-refractivity contribution >= 4 is 43.2 Å². The van der Waals surface area contributed by atoms with Crippen LogP contribution in [0.2, 0.25) is 0 Å². The molecule has 2 aliphatic heterocycles. The van der Waals surface area contributed by atoms with Crippen molar-refractivity contribution in [2.45, 2.75) is 41.9 Å². The fraction of sp³-hybridized carbons (Fsp3) is 0.393. The molecule has 0 radical (unpaired) electrons. The minimum absolute atomic E-state index is 0.113. The van der Waals surface area contributed by atoms with E-state index in [1.54, 1.807) is 6.20 Å². The largest absolute Gasteiger partial charge is 0.481 e. The lowest BCUT2D eigenvalue weighted by molar-refractivity contribution is -0.142. The molecule has 0 spiro atoms. The lowest BCUT2D eigenvalue weighted by atomic mass is 9.97. The Hall–Kier alpha value is -3.62. The number of hydrogen-bond donors (Lipinski definition) is 3. The monoisotopic (exact) mass is 620 g/mol. The Balaban J connectivity index is 1.35. The number of rotatable bonds is 9. The van der Waals surface area contributed by atoms with Crippen molar-refractivity contribution in [2.24, 2.45) is 5.92 Å². The van der Waals surface area contributed by atoms with Crippen molar-refractivity contribution in [3.63, 3.8) is 0 Å². The molecule has 1 amide bonds. The lowest BCUT2D eigenvalue weighted by Gasteiger charge is -2.30. The molecular weight excluding hydrogens is 590 g/mol. The number of carbonyl (C=O) groups excluding carboxylic acids is 1. The van der Waals surface area contributed by atoms with Gasteiger partial charge in [-0.1, -0.05) is 23.5 Å². The molecule has 1 unspecified atom stereocenters. The number of halogens is 2. The predicted molar refractivity (Wildman–Crippen MR) is 153 cm³/mol. The summed E-state index contributed by atoms with van der Waals surface area (Å²) in [6, 6.07) is 8.41. The van der Waals surface area contributed by atoms with Crippen molar-refractivity contribution < 1.29 is 36.6 Å². The Morgan fingerprint density at radius 2 is 1.76 bits per heavy atom. The summed E-state index contributed by atoms with van der Waals surface area (Å²) in [7, 11) is -3.59. The van der Waals surface area contributed by atoms with Gasteiger partial charge in [0.1, 0.15) is 10.8 Å². The Kier molecular flexibility index (Phi) is 9.04. The molecule has 2 aliphatic rings. The summed E-state index contributed by atoms with van der Waals surface area (Å²) in [6.07, 6.45) is 2.15. The number of hydrogen-bond acceptors (Lipinski definition) is 9. The van der Waals surface area contributed by atoms with Gasteiger partial charge in [0.15, 0.2) is 26.5 Å². The highest BCUT2D eigenvalue weighted by molar-refractivity contribution is 7.92. The lowest BCUT2D eigenvalue weighted by Crippen LogP contribution is -2.35. The normalized spacial score (nSPS) is 17.5. The molecule has 2 saturated heterocycles. The zero-order chi connectivity index (χ0) is 29.9. The van der Waals surface area contributed by atoms with Gasteiger partial charge in [0, 0.05) is 24.7 Å². The Labute approximate surface area is 245 Å². The van der Waals surface area contributed by atoms with Gasteiger partial charge in [-0.3, -0.25) is 14.9 Å². The number of benzene rings is 2. The van der Waals surface area contributed by atoms with E-state index in [4.69, 9.17) is 4.74 Å². The van der Waals surface area contributed by atoms with Crippen LogP contribution in [0, 0.1) is 17.6 Å². The maximum atomic E-state index is 14.5. The van der Waals surface area contributed by atoms with Crippen LogP contribution in [-0.2, 0) is 19.4 Å². The summed E-state index contributed by atoms with van der Waals surface area (Å²) in [5, 5.41) is 15.5. The molecule has 3 heterocycles. The fourth-order valence-corrected chi connectivity index (χ4v) is 7.72. The SMILES string of the molecule is O=C(O)C1CCN(c2cnc(NC(=O)C(Oc3ccc(F)cc3F)c3ccc(S(=O)(=O)C4CCNCC4)cc3)s2)CC1. The zero-order valence-corrected chi connectivity index (χ0v) is 24.1. The van der Waals surface area contributed by atoms with E-state index in [1.807, 2.05) is 4.90 Å². The van der Waals surface area contributed by atoms with Crippen LogP contribution in [0.15, 0.2) is 53.6 Å². The standard InChI is InChI=1S/C28H30F2N4O6S2/c29-19-3-6-23(22(30)15-19)40-25(17-1-4-20(5-2-17)42(38,39)21-7-11-31-12-8-21)26(35)33-28-32-16-24(41-28)34-13-9-18(10-14-34)27(36)37/h1-6,15-16,18,21,25,31H,7-14H2,(H,36,37)(H,32,33,35). The average Bonchev–Trinajstić information content (AvgIpc) is 3.45. The second-order valence-corrected chi connectivity index (χ2v) is 13.5. The molecule has 0 aliphatic carbocycles. The smallest absolute Gasteiger partial charge is 0.306 e. The van der Waals surface area contributed by atoms with Crippen molar-refractivity contribution in [2.75, 3.05) is 36.4 Å². The van der Waals surface area contributed by atoms with Gasteiger partial charge in [-0.2, -0.15) is 0 Å². The van der Waals surface area contributed by atoms with E-state index in [2.05, 4.69) is 15.6 Å². The first-order valence-corrected chi connectivity index (χ1v) is 15.9. The van der Waals surface area contributed by atoms with Crippen LogP contribution in [0.25, 0.3) is 0 Å². The summed E-state index contributed by atoms with van der Waals surface area (Å²) >= 11 is 1.19. The predicted octanol–water partition coefficient (Wildman–Crippen LogP) is 4.01. The molecule has 0 bridgehead atoms. The van der Waals surface area contributed by atoms with Crippen molar-refractivity contribution in [3.8, 4) is 5.75 Å². The molecule has 2 fully saturated rings. The van der Waals surface area contributed by atoms with Crippen LogP contribution >= 0.6 is 11.3 Å². The Morgan fingerprint density at radius 3 is 2.40 bits per heavy atom. The van der Waals surface area contributed by atoms with Crippen LogP contribution in [0.3, 0.4) is 0 Å². The van der Waals surface area contributed by atoms with Crippen molar-refractivity contribution in [1.82, 2.24) is 10.3 Å². The third kappa shape index (κ3) is 6.71. The molecule has 2 aromatic carbocycles. The van der Waals surface area contributed by atoms with Crippen LogP contribution in [-0.4, -0.2) is 61.8 Å². The quantitative estimate of drug-likeness (QED) is 0.324. The van der Waals surface area contributed by atoms with Gasteiger partial charge < -0.3 is 20.1 Å². The molecule has 1 atom stereocenters. The van der Waals surface area contributed by atoms with E-state index in [0.717, 1.165) is 17.1 Å². The number of nitrogens with one attached hydrogen (secondary N) is 2. The number of aliphatic carboxylic acids is 1. The molecule has 3 N–H and O–H groups in total. The minimum atomic E-state index is -3.59. The van der Waals surface area contributed by atoms with Crippen LogP contribution in [0.5, 0.6) is 5.75 Å². The van der Waals surface area contributed by atoms with Crippen LogP contribution in [0.1, 0.15) is 37.4 Å². The Morgan fingerprint density at radius 1 is 1.07 bits per heavy atom. The summed E-state index contributed by atoms with van der Waals surface area (Å²) < 4.78 is 60.0. The molecule has 3 aromatic rings. The number of thiazole rings is 1. The van der Waals surface area contributed by atoms with Gasteiger partial charge in [-0.05, 0) is 63.0 Å². The number of sulfone groups is 1. The zero-order valence-electron chi connectivity index (χ0n) is 22.5. The maximum Gasteiger partial charge on any atom is 0.306 e. The molecule has 10 nitrogen and oxygen atoms in total. The highest BCUT2D eigenvalue weighted by atomic mass is 32.2. The first-order valence-electron chi connectivity index (χ1n) is 13.5. The first kappa shape index (κ1) is 29.9. The number of carboxylic acids is 1. The van der Waals surface area contributed by atoms with Gasteiger partial charge in [0.2, 0.25) is 6.10 Å². The van der Waals surface area contributed by atoms with E-state index in [-0.39, 0.29) is 27.3 Å². The second kappa shape index (κ2) is 12.7.